The summed E-state index contributed by atoms with van der Waals surface area (Å²) in [6, 6.07) is 1.23. The van der Waals surface area contributed by atoms with Crippen LogP contribution in [0.25, 0.3) is 0 Å². The zero-order valence-corrected chi connectivity index (χ0v) is 15.3. The highest BCUT2D eigenvalue weighted by Crippen LogP contribution is 2.49. The van der Waals surface area contributed by atoms with Crippen LogP contribution in [-0.4, -0.2) is 13.9 Å². The van der Waals surface area contributed by atoms with Gasteiger partial charge in [-0.1, -0.05) is 56.9 Å². The van der Waals surface area contributed by atoms with Gasteiger partial charge in [-0.3, -0.25) is 4.79 Å². The number of ketones is 1. The Balaban J connectivity index is 3.06. The molecule has 1 aliphatic carbocycles. The van der Waals surface area contributed by atoms with Gasteiger partial charge in [0.25, 0.3) is 0 Å². The predicted octanol–water partition coefficient (Wildman–Crippen LogP) is 5.47. The highest BCUT2D eigenvalue weighted by atomic mass is 28.3. The number of hydrogen-bond acceptors (Lipinski definition) is 1. The van der Waals surface area contributed by atoms with E-state index in [1.54, 1.807) is 0 Å². The molecule has 1 rings (SSSR count). The highest BCUT2D eigenvalue weighted by Gasteiger charge is 2.43. The topological polar surface area (TPSA) is 17.1 Å². The summed E-state index contributed by atoms with van der Waals surface area (Å²) in [5.74, 6) is 1.25. The summed E-state index contributed by atoms with van der Waals surface area (Å²) in [4.78, 5) is 12.2. The molecule has 1 saturated carbocycles. The van der Waals surface area contributed by atoms with E-state index < -0.39 is 8.07 Å². The molecule has 0 radical (unpaired) electrons. The molecule has 3 unspecified atom stereocenters. The van der Waals surface area contributed by atoms with E-state index in [2.05, 4.69) is 53.6 Å². The average Bonchev–Trinajstić information content (AvgIpc) is 2.22. The number of allylic oxidation sites excluding steroid dienone is 2. The quantitative estimate of drug-likeness (QED) is 0.485. The van der Waals surface area contributed by atoms with Crippen LogP contribution in [0.5, 0.6) is 0 Å². The molecule has 3 atom stereocenters. The first-order chi connectivity index (χ1) is 8.94. The molecule has 1 fully saturated rings. The molecule has 1 aliphatic rings. The van der Waals surface area contributed by atoms with Crippen LogP contribution in [0.15, 0.2) is 24.3 Å². The van der Waals surface area contributed by atoms with Crippen molar-refractivity contribution in [3.63, 3.8) is 0 Å². The van der Waals surface area contributed by atoms with Crippen LogP contribution in [0, 0.1) is 17.3 Å². The first kappa shape index (κ1) is 17.4. The molecular weight excluding hydrogens is 260 g/mol. The molecule has 0 aromatic heterocycles. The van der Waals surface area contributed by atoms with E-state index in [4.69, 9.17) is 0 Å². The Hall–Kier alpha value is -0.633. The molecule has 0 heterocycles. The minimum Gasteiger partial charge on any atom is -0.300 e. The van der Waals surface area contributed by atoms with Crippen LogP contribution in [-0.2, 0) is 4.79 Å². The van der Waals surface area contributed by atoms with Gasteiger partial charge in [0, 0.05) is 20.9 Å². The average molecular weight is 293 g/mol. The van der Waals surface area contributed by atoms with Gasteiger partial charge < -0.3 is 0 Å². The monoisotopic (exact) mass is 292 g/mol. The van der Waals surface area contributed by atoms with Crippen molar-refractivity contribution in [2.24, 2.45) is 17.3 Å². The van der Waals surface area contributed by atoms with Crippen molar-refractivity contribution in [2.75, 3.05) is 0 Å². The van der Waals surface area contributed by atoms with E-state index in [1.165, 1.54) is 11.6 Å². The van der Waals surface area contributed by atoms with Crippen molar-refractivity contribution in [3.8, 4) is 0 Å². The smallest absolute Gasteiger partial charge is 0.134 e. The van der Waals surface area contributed by atoms with Gasteiger partial charge >= 0.3 is 0 Å². The first-order valence-corrected chi connectivity index (χ1v) is 11.5. The number of carbonyl (C=O) groups excluding carboxylic acids is 1. The molecule has 0 N–H and O–H groups in total. The van der Waals surface area contributed by atoms with Crippen molar-refractivity contribution < 1.29 is 4.79 Å². The van der Waals surface area contributed by atoms with Crippen LogP contribution in [0.1, 0.15) is 40.0 Å². The molecule has 0 bridgehead atoms. The summed E-state index contributed by atoms with van der Waals surface area (Å²) in [7, 11) is -1.18. The van der Waals surface area contributed by atoms with Gasteiger partial charge in [-0.05, 0) is 37.5 Å². The third kappa shape index (κ3) is 4.44. The summed E-state index contributed by atoms with van der Waals surface area (Å²) >= 11 is 0. The SMILES string of the molecule is C=C(C)C1CC(=O)CC(C)(C(C[Si](C)(C)C)C(=C)C)C1. The van der Waals surface area contributed by atoms with E-state index in [1.807, 2.05) is 0 Å². The molecule has 114 valence electrons. The second-order valence-corrected chi connectivity index (χ2v) is 14.0. The Morgan fingerprint density at radius 2 is 1.90 bits per heavy atom. The molecule has 0 amide bonds. The highest BCUT2D eigenvalue weighted by molar-refractivity contribution is 6.76. The van der Waals surface area contributed by atoms with Crippen LogP contribution < -0.4 is 0 Å². The van der Waals surface area contributed by atoms with E-state index in [-0.39, 0.29) is 5.41 Å². The molecule has 2 heteroatoms. The number of carbonyl (C=O) groups is 1. The molecule has 0 aromatic carbocycles. The second-order valence-electron chi connectivity index (χ2n) is 8.48. The van der Waals surface area contributed by atoms with Crippen molar-refractivity contribution in [3.05, 3.63) is 24.3 Å². The van der Waals surface area contributed by atoms with Gasteiger partial charge in [0.1, 0.15) is 5.78 Å². The summed E-state index contributed by atoms with van der Waals surface area (Å²) < 4.78 is 0. The molecule has 0 saturated heterocycles. The molecule has 20 heavy (non-hydrogen) atoms. The van der Waals surface area contributed by atoms with E-state index >= 15 is 0 Å². The largest absolute Gasteiger partial charge is 0.300 e. The lowest BCUT2D eigenvalue weighted by Gasteiger charge is -2.45. The van der Waals surface area contributed by atoms with Gasteiger partial charge in [-0.25, -0.2) is 0 Å². The second kappa shape index (κ2) is 6.01. The Morgan fingerprint density at radius 3 is 2.30 bits per heavy atom. The van der Waals surface area contributed by atoms with Crippen molar-refractivity contribution >= 4 is 13.9 Å². The van der Waals surface area contributed by atoms with Crippen LogP contribution in [0.2, 0.25) is 25.7 Å². The lowest BCUT2D eigenvalue weighted by atomic mass is 9.61. The Morgan fingerprint density at radius 1 is 1.35 bits per heavy atom. The third-order valence-corrected chi connectivity index (χ3v) is 6.37. The number of hydrogen-bond donors (Lipinski definition) is 0. The molecule has 0 aliphatic heterocycles. The van der Waals surface area contributed by atoms with Gasteiger partial charge in [0.2, 0.25) is 0 Å². The first-order valence-electron chi connectivity index (χ1n) is 7.77. The number of rotatable bonds is 5. The minimum atomic E-state index is -1.18. The Labute approximate surface area is 126 Å². The van der Waals surface area contributed by atoms with Gasteiger partial charge in [0.15, 0.2) is 0 Å². The van der Waals surface area contributed by atoms with Crippen molar-refractivity contribution in [1.82, 2.24) is 0 Å². The van der Waals surface area contributed by atoms with Crippen LogP contribution >= 0.6 is 0 Å². The maximum absolute atomic E-state index is 12.2. The van der Waals surface area contributed by atoms with Gasteiger partial charge in [-0.2, -0.15) is 0 Å². The van der Waals surface area contributed by atoms with E-state index in [9.17, 15) is 4.79 Å². The zero-order chi connectivity index (χ0) is 15.7. The minimum absolute atomic E-state index is 0.0745. The fourth-order valence-corrected chi connectivity index (χ4v) is 5.81. The van der Waals surface area contributed by atoms with Crippen LogP contribution in [0.4, 0.5) is 0 Å². The van der Waals surface area contributed by atoms with Crippen LogP contribution in [0.3, 0.4) is 0 Å². The Bertz CT molecular complexity index is 416. The van der Waals surface area contributed by atoms with E-state index in [0.29, 0.717) is 24.0 Å². The Kier molecular flexibility index (Phi) is 5.23. The summed E-state index contributed by atoms with van der Waals surface area (Å²) in [6.07, 6.45) is 2.51. The predicted molar refractivity (Wildman–Crippen MR) is 91.7 cm³/mol. The van der Waals surface area contributed by atoms with Gasteiger partial charge in [0.05, 0.1) is 0 Å². The fraction of sp³-hybridized carbons (Fsp3) is 0.722. The van der Waals surface area contributed by atoms with E-state index in [0.717, 1.165) is 18.4 Å². The number of Topliss-reactive ketones (excluding diaryl/α,β-unsaturated/α-hetero) is 1. The molecule has 0 spiro atoms. The van der Waals surface area contributed by atoms with Crippen molar-refractivity contribution in [1.29, 1.82) is 0 Å². The van der Waals surface area contributed by atoms with Crippen molar-refractivity contribution in [2.45, 2.75) is 65.7 Å². The third-order valence-electron chi connectivity index (χ3n) is 4.74. The standard InChI is InChI=1S/C18H32OSi/c1-13(2)15-9-16(19)11-18(5,10-15)17(14(3)4)12-20(6,7)8/h15,17H,1,3,9-12H2,2,4-8H3. The zero-order valence-electron chi connectivity index (χ0n) is 14.3. The summed E-state index contributed by atoms with van der Waals surface area (Å²) in [5.41, 5.74) is 2.49. The fourth-order valence-electron chi connectivity index (χ4n) is 3.75. The molecule has 0 aromatic rings. The molecule has 1 nitrogen and oxygen atoms in total. The summed E-state index contributed by atoms with van der Waals surface area (Å²) in [6.45, 7) is 22.1. The lowest BCUT2D eigenvalue weighted by Crippen LogP contribution is -2.41. The molecular formula is C18H32OSi. The normalized spacial score (nSPS) is 29.1. The maximum Gasteiger partial charge on any atom is 0.134 e. The van der Waals surface area contributed by atoms with Gasteiger partial charge in [-0.15, -0.1) is 0 Å². The maximum atomic E-state index is 12.2. The lowest BCUT2D eigenvalue weighted by molar-refractivity contribution is -0.125. The summed E-state index contributed by atoms with van der Waals surface area (Å²) in [5, 5.41) is 0.